The fourth-order valence-corrected chi connectivity index (χ4v) is 3.47. The van der Waals surface area contributed by atoms with Gasteiger partial charge in [0.25, 0.3) is 0 Å². The van der Waals surface area contributed by atoms with Gasteiger partial charge in [0.05, 0.1) is 6.10 Å². The van der Waals surface area contributed by atoms with Gasteiger partial charge in [0.1, 0.15) is 0 Å². The second kappa shape index (κ2) is 4.75. The van der Waals surface area contributed by atoms with Gasteiger partial charge in [-0.2, -0.15) is 0 Å². The average Bonchev–Trinajstić information content (AvgIpc) is 2.75. The Morgan fingerprint density at radius 1 is 1.71 bits per heavy atom. The largest absolute Gasteiger partial charge is 0.378 e. The van der Waals surface area contributed by atoms with E-state index in [1.165, 1.54) is 11.3 Å². The van der Waals surface area contributed by atoms with Gasteiger partial charge in [-0.05, 0) is 46.6 Å². The molecule has 1 aromatic heterocycles. The first-order valence-electron chi connectivity index (χ1n) is 4.87. The summed E-state index contributed by atoms with van der Waals surface area (Å²) in [6.07, 6.45) is 3.66. The number of nitrogens with two attached hydrogens (primary N) is 1. The predicted octanol–water partition coefficient (Wildman–Crippen LogP) is 3.08. The minimum atomic E-state index is 0.118. The molecule has 1 aliphatic rings. The van der Waals surface area contributed by atoms with Gasteiger partial charge in [0.15, 0.2) is 0 Å². The van der Waals surface area contributed by atoms with E-state index in [0.717, 1.165) is 23.9 Å². The third-order valence-corrected chi connectivity index (χ3v) is 4.53. The molecule has 1 aliphatic heterocycles. The normalized spacial score (nSPS) is 24.0. The highest BCUT2D eigenvalue weighted by molar-refractivity contribution is 9.10. The van der Waals surface area contributed by atoms with Crippen LogP contribution in [0.2, 0.25) is 0 Å². The molecule has 0 bridgehead atoms. The number of halogens is 1. The zero-order chi connectivity index (χ0) is 9.97. The first kappa shape index (κ1) is 10.6. The molecule has 2 heterocycles. The Bertz CT molecular complexity index is 296. The van der Waals surface area contributed by atoms with Crippen molar-refractivity contribution >= 4 is 27.3 Å². The molecule has 0 aromatic carbocycles. The molecule has 4 heteroatoms. The summed E-state index contributed by atoms with van der Waals surface area (Å²) < 4.78 is 6.70. The Hall–Kier alpha value is 0.100. The number of thiophene rings is 1. The highest BCUT2D eigenvalue weighted by Gasteiger charge is 2.21. The van der Waals surface area contributed by atoms with Crippen LogP contribution in [0.4, 0.5) is 0 Å². The molecule has 1 fully saturated rings. The Morgan fingerprint density at radius 2 is 2.57 bits per heavy atom. The molecule has 0 amide bonds. The van der Waals surface area contributed by atoms with Crippen molar-refractivity contribution in [2.45, 2.75) is 31.4 Å². The minimum absolute atomic E-state index is 0.118. The van der Waals surface area contributed by atoms with Crippen LogP contribution in [-0.2, 0) is 4.74 Å². The Labute approximate surface area is 96.6 Å². The summed E-state index contributed by atoms with van der Waals surface area (Å²) in [5, 5.41) is 2.06. The van der Waals surface area contributed by atoms with Crippen LogP contribution in [0, 0.1) is 0 Å². The Kier molecular flexibility index (Phi) is 3.60. The van der Waals surface area contributed by atoms with E-state index in [9.17, 15) is 0 Å². The van der Waals surface area contributed by atoms with Crippen LogP contribution in [0.3, 0.4) is 0 Å². The van der Waals surface area contributed by atoms with Gasteiger partial charge in [-0.15, -0.1) is 11.3 Å². The minimum Gasteiger partial charge on any atom is -0.378 e. The van der Waals surface area contributed by atoms with Gasteiger partial charge in [-0.3, -0.25) is 0 Å². The molecule has 14 heavy (non-hydrogen) atoms. The molecule has 2 atom stereocenters. The van der Waals surface area contributed by atoms with Crippen molar-refractivity contribution in [1.82, 2.24) is 0 Å². The molecule has 1 aromatic rings. The molecular formula is C10H14BrNOS. The van der Waals surface area contributed by atoms with Crippen molar-refractivity contribution in [3.05, 3.63) is 20.8 Å². The molecule has 1 saturated heterocycles. The highest BCUT2D eigenvalue weighted by Crippen LogP contribution is 2.31. The molecule has 0 aliphatic carbocycles. The quantitative estimate of drug-likeness (QED) is 0.920. The highest BCUT2D eigenvalue weighted by atomic mass is 79.9. The third-order valence-electron chi connectivity index (χ3n) is 2.52. The van der Waals surface area contributed by atoms with Crippen molar-refractivity contribution in [2.75, 3.05) is 6.61 Å². The molecule has 0 spiro atoms. The van der Waals surface area contributed by atoms with Gasteiger partial charge >= 0.3 is 0 Å². The first-order valence-corrected chi connectivity index (χ1v) is 6.54. The van der Waals surface area contributed by atoms with Crippen LogP contribution in [0.1, 0.15) is 30.2 Å². The van der Waals surface area contributed by atoms with Crippen molar-refractivity contribution in [2.24, 2.45) is 5.73 Å². The number of rotatable bonds is 3. The van der Waals surface area contributed by atoms with Gasteiger partial charge in [0.2, 0.25) is 0 Å². The predicted molar refractivity (Wildman–Crippen MR) is 62.5 cm³/mol. The van der Waals surface area contributed by atoms with Crippen LogP contribution >= 0.6 is 27.3 Å². The monoisotopic (exact) mass is 275 g/mol. The second-order valence-electron chi connectivity index (χ2n) is 3.61. The van der Waals surface area contributed by atoms with Crippen LogP contribution in [0.5, 0.6) is 0 Å². The smallest absolute Gasteiger partial charge is 0.0594 e. The van der Waals surface area contributed by atoms with E-state index in [1.54, 1.807) is 11.3 Å². The third kappa shape index (κ3) is 2.37. The summed E-state index contributed by atoms with van der Waals surface area (Å²) in [5.41, 5.74) is 6.12. The van der Waals surface area contributed by atoms with Crippen LogP contribution in [-0.4, -0.2) is 12.7 Å². The fraction of sp³-hybridized carbons (Fsp3) is 0.600. The zero-order valence-corrected chi connectivity index (χ0v) is 10.3. The molecule has 2 nitrogen and oxygen atoms in total. The lowest BCUT2D eigenvalue weighted by Crippen LogP contribution is -2.17. The lowest BCUT2D eigenvalue weighted by molar-refractivity contribution is 0.0986. The molecule has 2 unspecified atom stereocenters. The summed E-state index contributed by atoms with van der Waals surface area (Å²) in [4.78, 5) is 1.24. The molecule has 2 N–H and O–H groups in total. The van der Waals surface area contributed by atoms with E-state index in [1.807, 2.05) is 0 Å². The summed E-state index contributed by atoms with van der Waals surface area (Å²) >= 11 is 5.22. The molecular weight excluding hydrogens is 262 g/mol. The Balaban J connectivity index is 1.95. The lowest BCUT2D eigenvalue weighted by atomic mass is 10.1. The fourth-order valence-electron chi connectivity index (χ4n) is 1.79. The summed E-state index contributed by atoms with van der Waals surface area (Å²) in [6, 6.07) is 2.17. The maximum absolute atomic E-state index is 6.12. The average molecular weight is 276 g/mol. The zero-order valence-electron chi connectivity index (χ0n) is 7.91. The Morgan fingerprint density at radius 3 is 3.14 bits per heavy atom. The van der Waals surface area contributed by atoms with E-state index < -0.39 is 0 Å². The van der Waals surface area contributed by atoms with Crippen molar-refractivity contribution < 1.29 is 4.74 Å². The van der Waals surface area contributed by atoms with E-state index >= 15 is 0 Å². The molecule has 2 rings (SSSR count). The SMILES string of the molecule is NC(CC1CCCO1)c1sccc1Br. The van der Waals surface area contributed by atoms with E-state index in [4.69, 9.17) is 10.5 Å². The maximum atomic E-state index is 6.12. The molecule has 78 valence electrons. The van der Waals surface area contributed by atoms with Crippen LogP contribution in [0.25, 0.3) is 0 Å². The van der Waals surface area contributed by atoms with E-state index in [-0.39, 0.29) is 6.04 Å². The second-order valence-corrected chi connectivity index (χ2v) is 5.41. The van der Waals surface area contributed by atoms with Crippen molar-refractivity contribution in [1.29, 1.82) is 0 Å². The number of ether oxygens (including phenoxy) is 1. The van der Waals surface area contributed by atoms with E-state index in [2.05, 4.69) is 27.4 Å². The maximum Gasteiger partial charge on any atom is 0.0594 e. The molecule has 0 saturated carbocycles. The van der Waals surface area contributed by atoms with Gasteiger partial charge < -0.3 is 10.5 Å². The first-order chi connectivity index (χ1) is 6.77. The lowest BCUT2D eigenvalue weighted by Gasteiger charge is -2.15. The summed E-state index contributed by atoms with van der Waals surface area (Å²) in [5.74, 6) is 0. The van der Waals surface area contributed by atoms with Crippen molar-refractivity contribution in [3.8, 4) is 0 Å². The number of hydrogen-bond donors (Lipinski definition) is 1. The van der Waals surface area contributed by atoms with E-state index in [0.29, 0.717) is 6.10 Å². The van der Waals surface area contributed by atoms with Crippen LogP contribution in [0.15, 0.2) is 15.9 Å². The van der Waals surface area contributed by atoms with Gasteiger partial charge in [-0.1, -0.05) is 0 Å². The van der Waals surface area contributed by atoms with Crippen LogP contribution < -0.4 is 5.73 Å². The molecule has 0 radical (unpaired) electrons. The standard InChI is InChI=1S/C10H14BrNOS/c11-8-3-5-14-10(8)9(12)6-7-2-1-4-13-7/h3,5,7,9H,1-2,4,6,12H2. The summed E-state index contributed by atoms with van der Waals surface area (Å²) in [6.45, 7) is 0.906. The van der Waals surface area contributed by atoms with Gasteiger partial charge in [0, 0.05) is 22.0 Å². The van der Waals surface area contributed by atoms with Crippen molar-refractivity contribution in [3.63, 3.8) is 0 Å². The summed E-state index contributed by atoms with van der Waals surface area (Å²) in [7, 11) is 0. The van der Waals surface area contributed by atoms with Gasteiger partial charge in [-0.25, -0.2) is 0 Å². The topological polar surface area (TPSA) is 35.2 Å². The number of hydrogen-bond acceptors (Lipinski definition) is 3.